The summed E-state index contributed by atoms with van der Waals surface area (Å²) in [4.78, 5) is 5.83. The summed E-state index contributed by atoms with van der Waals surface area (Å²) in [6, 6.07) is 18.6. The van der Waals surface area contributed by atoms with Gasteiger partial charge >= 0.3 is 0 Å². The van der Waals surface area contributed by atoms with Crippen molar-refractivity contribution in [3.05, 3.63) is 65.7 Å². The van der Waals surface area contributed by atoms with Crippen molar-refractivity contribution >= 4 is 28.6 Å². The largest absolute Gasteiger partial charge is 0.348 e. The third kappa shape index (κ3) is 3.09. The molecular weight excluding hydrogens is 288 g/mol. The minimum absolute atomic E-state index is 0.0256. The summed E-state index contributed by atoms with van der Waals surface area (Å²) < 4.78 is 0. The van der Waals surface area contributed by atoms with Gasteiger partial charge in [0.2, 0.25) is 0 Å². The van der Waals surface area contributed by atoms with Crippen LogP contribution in [0.25, 0.3) is 0 Å². The molecule has 0 bridgehead atoms. The number of thiocarbonyl (C=S) groups is 1. The molecular formula is C19H20N2S. The molecule has 1 aliphatic rings. The van der Waals surface area contributed by atoms with Gasteiger partial charge in [0, 0.05) is 16.8 Å². The lowest BCUT2D eigenvalue weighted by Crippen LogP contribution is -2.25. The summed E-state index contributed by atoms with van der Waals surface area (Å²) >= 11 is 5.59. The summed E-state index contributed by atoms with van der Waals surface area (Å²) in [5.41, 5.74) is 4.31. The maximum Gasteiger partial charge on any atom is 0.105 e. The van der Waals surface area contributed by atoms with Crippen molar-refractivity contribution < 1.29 is 0 Å². The van der Waals surface area contributed by atoms with Gasteiger partial charge in [-0.25, -0.2) is 0 Å². The van der Waals surface area contributed by atoms with Gasteiger partial charge in [-0.2, -0.15) is 0 Å². The molecule has 0 aromatic heterocycles. The van der Waals surface area contributed by atoms with Gasteiger partial charge in [-0.3, -0.25) is 4.99 Å². The number of benzene rings is 2. The van der Waals surface area contributed by atoms with Crippen LogP contribution in [-0.2, 0) is 0 Å². The summed E-state index contributed by atoms with van der Waals surface area (Å²) in [5.74, 6) is 0.548. The van der Waals surface area contributed by atoms with Crippen LogP contribution < -0.4 is 5.32 Å². The minimum Gasteiger partial charge on any atom is -0.348 e. The molecule has 1 N–H and O–H groups in total. The molecule has 1 atom stereocenters. The fourth-order valence-corrected chi connectivity index (χ4v) is 2.99. The number of anilines is 1. The normalized spacial score (nSPS) is 17.5. The second-order valence-electron chi connectivity index (χ2n) is 6.02. The molecule has 0 aliphatic carbocycles. The fourth-order valence-electron chi connectivity index (χ4n) is 2.73. The molecule has 112 valence electrons. The summed E-state index contributed by atoms with van der Waals surface area (Å²) in [7, 11) is 0. The Morgan fingerprint density at radius 2 is 1.73 bits per heavy atom. The van der Waals surface area contributed by atoms with Crippen LogP contribution >= 0.6 is 12.2 Å². The number of rotatable bonds is 3. The number of aliphatic imine (C=N–C) groups is 1. The molecule has 3 rings (SSSR count). The number of nitrogens with zero attached hydrogens (tertiary/aromatic N) is 1. The highest BCUT2D eigenvalue weighted by Crippen LogP contribution is 2.26. The van der Waals surface area contributed by atoms with Crippen LogP contribution in [0, 0.1) is 5.92 Å². The molecule has 0 fully saturated rings. The maximum atomic E-state index is 5.59. The van der Waals surface area contributed by atoms with E-state index in [1.807, 2.05) is 18.2 Å². The second kappa shape index (κ2) is 6.41. The zero-order valence-electron chi connectivity index (χ0n) is 12.9. The third-order valence-corrected chi connectivity index (χ3v) is 4.14. The van der Waals surface area contributed by atoms with E-state index in [4.69, 9.17) is 17.2 Å². The average molecular weight is 308 g/mol. The zero-order valence-corrected chi connectivity index (χ0v) is 13.7. The second-order valence-corrected chi connectivity index (χ2v) is 6.46. The predicted octanol–water partition coefficient (Wildman–Crippen LogP) is 4.69. The Bertz CT molecular complexity index is 704. The predicted molar refractivity (Wildman–Crippen MR) is 98.0 cm³/mol. The fraction of sp³-hybridized carbons (Fsp3) is 0.263. The Balaban J connectivity index is 2.13. The van der Waals surface area contributed by atoms with E-state index in [-0.39, 0.29) is 6.04 Å². The Morgan fingerprint density at radius 1 is 1.05 bits per heavy atom. The quantitative estimate of drug-likeness (QED) is 0.832. The van der Waals surface area contributed by atoms with Crippen molar-refractivity contribution in [3.63, 3.8) is 0 Å². The van der Waals surface area contributed by atoms with E-state index in [9.17, 15) is 0 Å². The average Bonchev–Trinajstić information content (AvgIpc) is 2.65. The number of fused-ring (bicyclic) bond motifs is 1. The van der Waals surface area contributed by atoms with Gasteiger partial charge in [0.1, 0.15) is 11.0 Å². The number of para-hydroxylation sites is 1. The molecule has 2 nitrogen and oxygen atoms in total. The summed E-state index contributed by atoms with van der Waals surface area (Å²) in [5, 5.41) is 3.39. The van der Waals surface area contributed by atoms with Crippen molar-refractivity contribution in [3.8, 4) is 0 Å². The standard InChI is InChI=1S/C19H20N2S/c1-13(2)12-17-19(22)21-16-11-7-6-10-15(16)18(20-17)14-8-4-3-5-9-14/h3-11,13,17H,12H2,1-2H3,(H,21,22). The van der Waals surface area contributed by atoms with Crippen LogP contribution in [0.3, 0.4) is 0 Å². The van der Waals surface area contributed by atoms with E-state index in [2.05, 4.69) is 55.6 Å². The van der Waals surface area contributed by atoms with E-state index >= 15 is 0 Å². The van der Waals surface area contributed by atoms with Gasteiger partial charge in [0.15, 0.2) is 0 Å². The molecule has 0 radical (unpaired) electrons. The molecule has 2 aromatic rings. The molecule has 2 aromatic carbocycles. The molecule has 1 aliphatic heterocycles. The van der Waals surface area contributed by atoms with E-state index in [1.54, 1.807) is 0 Å². The van der Waals surface area contributed by atoms with Gasteiger partial charge < -0.3 is 5.32 Å². The van der Waals surface area contributed by atoms with Crippen LogP contribution in [0.5, 0.6) is 0 Å². The number of nitrogens with one attached hydrogen (secondary N) is 1. The summed E-state index contributed by atoms with van der Waals surface area (Å²) in [6.07, 6.45) is 0.955. The molecule has 0 spiro atoms. The minimum atomic E-state index is 0.0256. The van der Waals surface area contributed by atoms with E-state index in [0.29, 0.717) is 5.92 Å². The van der Waals surface area contributed by atoms with Gasteiger partial charge in [-0.1, -0.05) is 74.6 Å². The topological polar surface area (TPSA) is 24.4 Å². The monoisotopic (exact) mass is 308 g/mol. The van der Waals surface area contributed by atoms with Crippen LogP contribution in [0.2, 0.25) is 0 Å². The van der Waals surface area contributed by atoms with Gasteiger partial charge in [0.05, 0.1) is 5.71 Å². The molecule has 0 amide bonds. The Morgan fingerprint density at radius 3 is 2.45 bits per heavy atom. The number of hydrogen-bond donors (Lipinski definition) is 1. The first-order valence-electron chi connectivity index (χ1n) is 7.68. The third-order valence-electron chi connectivity index (χ3n) is 3.77. The van der Waals surface area contributed by atoms with Crippen molar-refractivity contribution in [1.82, 2.24) is 0 Å². The van der Waals surface area contributed by atoms with Crippen LogP contribution in [-0.4, -0.2) is 16.7 Å². The summed E-state index contributed by atoms with van der Waals surface area (Å²) in [6.45, 7) is 4.41. The molecule has 0 saturated carbocycles. The number of hydrogen-bond acceptors (Lipinski definition) is 2. The molecule has 1 unspecified atom stereocenters. The first-order valence-corrected chi connectivity index (χ1v) is 8.09. The Kier molecular flexibility index (Phi) is 4.34. The van der Waals surface area contributed by atoms with Gasteiger partial charge in [-0.15, -0.1) is 0 Å². The van der Waals surface area contributed by atoms with Crippen LogP contribution in [0.1, 0.15) is 31.4 Å². The number of benzodiazepines with no additional fused rings is 1. The van der Waals surface area contributed by atoms with Crippen LogP contribution in [0.15, 0.2) is 59.6 Å². The lowest BCUT2D eigenvalue weighted by molar-refractivity contribution is 0.564. The lowest BCUT2D eigenvalue weighted by atomic mass is 10.0. The highest BCUT2D eigenvalue weighted by Gasteiger charge is 2.23. The molecule has 22 heavy (non-hydrogen) atoms. The van der Waals surface area contributed by atoms with E-state index in [1.165, 1.54) is 0 Å². The smallest absolute Gasteiger partial charge is 0.105 e. The first-order chi connectivity index (χ1) is 10.6. The van der Waals surface area contributed by atoms with Gasteiger partial charge in [0.25, 0.3) is 0 Å². The lowest BCUT2D eigenvalue weighted by Gasteiger charge is -2.15. The molecule has 3 heteroatoms. The maximum absolute atomic E-state index is 5.59. The van der Waals surface area contributed by atoms with E-state index in [0.717, 1.165) is 33.9 Å². The van der Waals surface area contributed by atoms with Crippen molar-refractivity contribution in [2.24, 2.45) is 10.9 Å². The Hall–Kier alpha value is -2.00. The van der Waals surface area contributed by atoms with Crippen molar-refractivity contribution in [2.75, 3.05) is 5.32 Å². The highest BCUT2D eigenvalue weighted by molar-refractivity contribution is 7.80. The Labute approximate surface area is 137 Å². The van der Waals surface area contributed by atoms with Gasteiger partial charge in [-0.05, 0) is 18.4 Å². The first kappa shape index (κ1) is 14.9. The van der Waals surface area contributed by atoms with Crippen molar-refractivity contribution in [1.29, 1.82) is 0 Å². The van der Waals surface area contributed by atoms with E-state index < -0.39 is 0 Å². The highest BCUT2D eigenvalue weighted by atomic mass is 32.1. The zero-order chi connectivity index (χ0) is 15.5. The SMILES string of the molecule is CC(C)CC1N=C(c2ccccc2)c2ccccc2NC1=S. The molecule has 1 heterocycles. The van der Waals surface area contributed by atoms with Crippen LogP contribution in [0.4, 0.5) is 5.69 Å². The molecule has 0 saturated heterocycles. The van der Waals surface area contributed by atoms with Crippen molar-refractivity contribution in [2.45, 2.75) is 26.3 Å².